The van der Waals surface area contributed by atoms with Gasteiger partial charge < -0.3 is 10.6 Å². The molecule has 1 saturated carbocycles. The monoisotopic (exact) mass is 492 g/mol. The van der Waals surface area contributed by atoms with Crippen LogP contribution in [0.1, 0.15) is 64.4 Å². The van der Waals surface area contributed by atoms with Gasteiger partial charge in [-0.3, -0.25) is 9.69 Å². The number of nitrogens with zero attached hydrogens (tertiary/aromatic N) is 1. The van der Waals surface area contributed by atoms with Gasteiger partial charge >= 0.3 is 12.1 Å². The van der Waals surface area contributed by atoms with E-state index in [1.165, 1.54) is 17.0 Å². The largest absolute Gasteiger partial charge is 0.337 e. The molecule has 1 aromatic carbocycles. The van der Waals surface area contributed by atoms with Crippen molar-refractivity contribution in [3.05, 3.63) is 29.8 Å². The molecule has 1 aliphatic heterocycles. The van der Waals surface area contributed by atoms with Crippen molar-refractivity contribution in [3.8, 4) is 0 Å². The molecule has 0 radical (unpaired) electrons. The molecule has 0 aromatic heterocycles. The van der Waals surface area contributed by atoms with Gasteiger partial charge in [0.2, 0.25) is 5.91 Å². The van der Waals surface area contributed by atoms with Gasteiger partial charge in [0.05, 0.1) is 4.90 Å². The molecule has 3 rings (SSSR count). The van der Waals surface area contributed by atoms with Crippen LogP contribution in [-0.4, -0.2) is 50.4 Å². The van der Waals surface area contributed by atoms with Gasteiger partial charge in [0.15, 0.2) is 0 Å². The average molecular weight is 493 g/mol. The lowest BCUT2D eigenvalue weighted by Crippen LogP contribution is -2.46. The molecule has 2 aliphatic rings. The Labute approximate surface area is 202 Å². The number of piperidine rings is 1. The van der Waals surface area contributed by atoms with E-state index in [-0.39, 0.29) is 16.8 Å². The normalized spacial score (nSPS) is 21.3. The van der Waals surface area contributed by atoms with E-state index in [1.54, 1.807) is 12.1 Å². The molecule has 1 saturated heterocycles. The van der Waals surface area contributed by atoms with E-state index in [0.717, 1.165) is 44.1 Å². The van der Waals surface area contributed by atoms with Crippen LogP contribution in [0, 0.1) is 11.8 Å². The van der Waals surface area contributed by atoms with Gasteiger partial charge in [-0.05, 0) is 74.5 Å². The Morgan fingerprint density at radius 2 is 1.74 bits per heavy atom. The molecule has 2 fully saturated rings. The Kier molecular flexibility index (Phi) is 8.93. The Morgan fingerprint density at radius 3 is 2.35 bits per heavy atom. The summed E-state index contributed by atoms with van der Waals surface area (Å²) in [6.45, 7) is 5.18. The number of carbonyl (C=O) groups is 3. The lowest BCUT2D eigenvalue weighted by atomic mass is 9.80. The zero-order chi connectivity index (χ0) is 24.7. The van der Waals surface area contributed by atoms with Gasteiger partial charge in [0, 0.05) is 25.6 Å². The highest BCUT2D eigenvalue weighted by Crippen LogP contribution is 2.29. The maximum absolute atomic E-state index is 12.6. The highest BCUT2D eigenvalue weighted by atomic mass is 32.2. The minimum Gasteiger partial charge on any atom is -0.337 e. The van der Waals surface area contributed by atoms with Crippen molar-refractivity contribution in [2.75, 3.05) is 13.1 Å². The Hall–Kier alpha value is -2.62. The van der Waals surface area contributed by atoms with E-state index in [1.807, 2.05) is 0 Å². The Bertz CT molecular complexity index is 970. The van der Waals surface area contributed by atoms with E-state index in [0.29, 0.717) is 37.8 Å². The molecule has 5 amide bonds. The fourth-order valence-electron chi connectivity index (χ4n) is 4.59. The number of rotatable bonds is 7. The number of hydrogen-bond donors (Lipinski definition) is 3. The molecule has 1 heterocycles. The highest BCUT2D eigenvalue weighted by molar-refractivity contribution is 7.90. The van der Waals surface area contributed by atoms with Crippen molar-refractivity contribution in [1.82, 2.24) is 20.3 Å². The number of urea groups is 2. The zero-order valence-corrected chi connectivity index (χ0v) is 20.8. The van der Waals surface area contributed by atoms with E-state index >= 15 is 0 Å². The Balaban J connectivity index is 1.44. The molecule has 3 N–H and O–H groups in total. The second kappa shape index (κ2) is 11.7. The minimum absolute atomic E-state index is 0.00198. The number of imide groups is 1. The fraction of sp³-hybridized carbons (Fsp3) is 0.625. The number of amides is 5. The van der Waals surface area contributed by atoms with Crippen LogP contribution in [0.15, 0.2) is 29.2 Å². The van der Waals surface area contributed by atoms with Crippen LogP contribution >= 0.6 is 0 Å². The van der Waals surface area contributed by atoms with Gasteiger partial charge in [-0.1, -0.05) is 26.0 Å². The topological polar surface area (TPSA) is 125 Å². The first-order valence-electron chi connectivity index (χ1n) is 12.2. The third-order valence-electron chi connectivity index (χ3n) is 6.77. The van der Waals surface area contributed by atoms with Gasteiger partial charge in [0.1, 0.15) is 0 Å². The van der Waals surface area contributed by atoms with Gasteiger partial charge in [-0.15, -0.1) is 0 Å². The summed E-state index contributed by atoms with van der Waals surface area (Å²) >= 11 is 0. The van der Waals surface area contributed by atoms with Crippen molar-refractivity contribution >= 4 is 28.0 Å². The van der Waals surface area contributed by atoms with E-state index in [4.69, 9.17) is 0 Å². The number of carbonyl (C=O) groups excluding carboxylic acids is 3. The lowest BCUT2D eigenvalue weighted by molar-refractivity contribution is -0.130. The zero-order valence-electron chi connectivity index (χ0n) is 20.0. The summed E-state index contributed by atoms with van der Waals surface area (Å²) in [4.78, 5) is 37.5. The van der Waals surface area contributed by atoms with Crippen molar-refractivity contribution in [3.63, 3.8) is 0 Å². The smallest absolute Gasteiger partial charge is 0.328 e. The van der Waals surface area contributed by atoms with Crippen LogP contribution in [0.5, 0.6) is 0 Å². The third-order valence-corrected chi connectivity index (χ3v) is 8.12. The summed E-state index contributed by atoms with van der Waals surface area (Å²) in [5, 5.41) is 5.52. The first kappa shape index (κ1) is 26.0. The van der Waals surface area contributed by atoms with Gasteiger partial charge in [0.25, 0.3) is 10.0 Å². The van der Waals surface area contributed by atoms with Crippen LogP contribution < -0.4 is 15.4 Å². The molecule has 0 bridgehead atoms. The molecule has 10 heteroatoms. The van der Waals surface area contributed by atoms with Crippen LogP contribution in [0.3, 0.4) is 0 Å². The average Bonchev–Trinajstić information content (AvgIpc) is 2.79. The number of nitrogens with one attached hydrogen (secondary N) is 3. The van der Waals surface area contributed by atoms with Crippen LogP contribution in [0.25, 0.3) is 0 Å². The molecule has 0 unspecified atom stereocenters. The second-order valence-corrected chi connectivity index (χ2v) is 11.2. The van der Waals surface area contributed by atoms with Crippen LogP contribution in [0.2, 0.25) is 0 Å². The number of sulfonamides is 1. The van der Waals surface area contributed by atoms with Crippen molar-refractivity contribution in [2.45, 2.75) is 76.2 Å². The predicted molar refractivity (Wildman–Crippen MR) is 129 cm³/mol. The molecule has 1 aliphatic carbocycles. The molecule has 0 spiro atoms. The maximum Gasteiger partial charge on any atom is 0.328 e. The SMILES string of the molecule is CC(C)C1CCC(NC(=O)NS(=O)(=O)c2ccc(CCNC(=O)N3CCCCC3=O)cc2)CC1. The summed E-state index contributed by atoms with van der Waals surface area (Å²) in [6, 6.07) is 5.08. The van der Waals surface area contributed by atoms with Crippen molar-refractivity contribution in [1.29, 1.82) is 0 Å². The van der Waals surface area contributed by atoms with Crippen molar-refractivity contribution < 1.29 is 22.8 Å². The minimum atomic E-state index is -3.98. The molecule has 34 heavy (non-hydrogen) atoms. The fourth-order valence-corrected chi connectivity index (χ4v) is 5.51. The summed E-state index contributed by atoms with van der Waals surface area (Å²) in [5.41, 5.74) is 0.829. The standard InChI is InChI=1S/C24H36N4O5S/c1-17(2)19-8-10-20(11-9-19)26-23(30)27-34(32,33)21-12-6-18(7-13-21)14-15-25-24(31)28-16-4-3-5-22(28)29/h6-7,12-13,17,19-20H,3-5,8-11,14-16H2,1-2H3,(H,25,31)(H2,26,27,30). The molecule has 188 valence electrons. The number of likely N-dealkylation sites (tertiary alicyclic amines) is 1. The van der Waals surface area contributed by atoms with E-state index < -0.39 is 22.1 Å². The quantitative estimate of drug-likeness (QED) is 0.539. The van der Waals surface area contributed by atoms with Gasteiger partial charge in [-0.25, -0.2) is 22.7 Å². The lowest BCUT2D eigenvalue weighted by Gasteiger charge is -2.31. The van der Waals surface area contributed by atoms with Gasteiger partial charge in [-0.2, -0.15) is 0 Å². The highest BCUT2D eigenvalue weighted by Gasteiger charge is 2.26. The number of benzene rings is 1. The first-order chi connectivity index (χ1) is 16.2. The predicted octanol–water partition coefficient (Wildman–Crippen LogP) is 3.15. The van der Waals surface area contributed by atoms with Crippen LogP contribution in [-0.2, 0) is 21.2 Å². The summed E-state index contributed by atoms with van der Waals surface area (Å²) in [6.07, 6.45) is 6.29. The molecule has 0 atom stereocenters. The Morgan fingerprint density at radius 1 is 1.06 bits per heavy atom. The third kappa shape index (κ3) is 7.19. The molecule has 9 nitrogen and oxygen atoms in total. The summed E-state index contributed by atoms with van der Waals surface area (Å²) in [5.74, 6) is 1.12. The first-order valence-corrected chi connectivity index (χ1v) is 13.6. The van der Waals surface area contributed by atoms with E-state index in [2.05, 4.69) is 29.2 Å². The molecular weight excluding hydrogens is 456 g/mol. The van der Waals surface area contributed by atoms with E-state index in [9.17, 15) is 22.8 Å². The van der Waals surface area contributed by atoms with Crippen LogP contribution in [0.4, 0.5) is 9.59 Å². The molecule has 1 aromatic rings. The molecular formula is C24H36N4O5S. The summed E-state index contributed by atoms with van der Waals surface area (Å²) < 4.78 is 27.3. The van der Waals surface area contributed by atoms with Crippen molar-refractivity contribution in [2.24, 2.45) is 11.8 Å². The second-order valence-electron chi connectivity index (χ2n) is 9.56. The maximum atomic E-state index is 12.6. The number of hydrogen-bond acceptors (Lipinski definition) is 5. The summed E-state index contributed by atoms with van der Waals surface area (Å²) in [7, 11) is -3.98.